The normalized spacial score (nSPS) is 54.6. The molecule has 198 valence electrons. The van der Waals surface area contributed by atoms with E-state index in [2.05, 4.69) is 13.8 Å². The Morgan fingerprint density at radius 3 is 2.12 bits per heavy atom. The van der Waals surface area contributed by atoms with Crippen LogP contribution in [0, 0.1) is 46.3 Å². The van der Waals surface area contributed by atoms with Crippen molar-refractivity contribution in [2.45, 2.75) is 115 Å². The molecule has 0 aromatic carbocycles. The van der Waals surface area contributed by atoms with Gasteiger partial charge in [0.15, 0.2) is 0 Å². The molecule has 7 nitrogen and oxygen atoms in total. The van der Waals surface area contributed by atoms with Crippen LogP contribution in [0.4, 0.5) is 0 Å². The molecule has 3 unspecified atom stereocenters. The quantitative estimate of drug-likeness (QED) is 0.302. The van der Waals surface area contributed by atoms with Crippen LogP contribution in [0.25, 0.3) is 0 Å². The van der Waals surface area contributed by atoms with Crippen LogP contribution in [0.2, 0.25) is 0 Å². The molecule has 0 radical (unpaired) electrons. The van der Waals surface area contributed by atoms with E-state index in [0.29, 0.717) is 19.3 Å². The fourth-order valence-corrected chi connectivity index (χ4v) is 9.69. The minimum atomic E-state index is -1.35. The second-order valence-corrected chi connectivity index (χ2v) is 13.2. The van der Waals surface area contributed by atoms with Crippen LogP contribution >= 0.6 is 0 Å². The molecule has 0 spiro atoms. The van der Waals surface area contributed by atoms with Gasteiger partial charge in [-0.25, -0.2) is 0 Å². The van der Waals surface area contributed by atoms with E-state index in [9.17, 15) is 35.7 Å². The summed E-state index contributed by atoms with van der Waals surface area (Å²) in [5.41, 5.74) is -2.37. The second-order valence-electron chi connectivity index (χ2n) is 13.2. The van der Waals surface area contributed by atoms with Gasteiger partial charge in [-0.1, -0.05) is 40.5 Å². The molecule has 4 aliphatic rings. The summed E-state index contributed by atoms with van der Waals surface area (Å²) in [5.74, 6) is -1.08. The van der Waals surface area contributed by atoms with Crippen LogP contribution in [0.3, 0.4) is 0 Å². The first-order chi connectivity index (χ1) is 15.8. The third-order valence-corrected chi connectivity index (χ3v) is 11.2. The molecule has 0 amide bonds. The largest absolute Gasteiger partial charge is 0.396 e. The molecular formula is C27H48O7. The molecule has 4 rings (SSSR count). The molecule has 7 heteroatoms. The van der Waals surface area contributed by atoms with E-state index in [4.69, 9.17) is 0 Å². The van der Waals surface area contributed by atoms with Gasteiger partial charge < -0.3 is 35.7 Å². The Morgan fingerprint density at radius 2 is 1.47 bits per heavy atom. The molecule has 34 heavy (non-hydrogen) atoms. The third kappa shape index (κ3) is 3.80. The topological polar surface area (TPSA) is 142 Å². The maximum atomic E-state index is 12.3. The van der Waals surface area contributed by atoms with Crippen molar-refractivity contribution in [3.8, 4) is 0 Å². The van der Waals surface area contributed by atoms with E-state index in [1.54, 1.807) is 0 Å². The van der Waals surface area contributed by atoms with Gasteiger partial charge in [-0.3, -0.25) is 0 Å². The SMILES string of the molecule is C[C@H](CO)CCC[C@@H](C)[C@H]1[C@@H](O)[C@@H](O)C2[C@]3(O)C[C@H](O)C4[C@@H](O)[C@@H](O)CC[C@]4(C)C3CC[C@@]21C. The van der Waals surface area contributed by atoms with Gasteiger partial charge in [0.25, 0.3) is 0 Å². The fraction of sp³-hybridized carbons (Fsp3) is 1.00. The van der Waals surface area contributed by atoms with Gasteiger partial charge >= 0.3 is 0 Å². The fourth-order valence-electron chi connectivity index (χ4n) is 9.69. The Morgan fingerprint density at radius 1 is 0.824 bits per heavy atom. The first kappa shape index (κ1) is 26.8. The molecular weight excluding hydrogens is 436 g/mol. The number of fused-ring (bicyclic) bond motifs is 5. The van der Waals surface area contributed by atoms with Crippen LogP contribution in [0.15, 0.2) is 0 Å². The van der Waals surface area contributed by atoms with Gasteiger partial charge in [-0.05, 0) is 66.6 Å². The molecule has 0 aromatic rings. The van der Waals surface area contributed by atoms with Gasteiger partial charge in [0, 0.05) is 24.9 Å². The van der Waals surface area contributed by atoms with E-state index in [-0.39, 0.29) is 36.7 Å². The Balaban J connectivity index is 1.63. The summed E-state index contributed by atoms with van der Waals surface area (Å²) in [4.78, 5) is 0. The summed E-state index contributed by atoms with van der Waals surface area (Å²) in [7, 11) is 0. The number of hydrogen-bond acceptors (Lipinski definition) is 7. The zero-order valence-electron chi connectivity index (χ0n) is 21.3. The molecule has 0 saturated heterocycles. The number of rotatable bonds is 6. The van der Waals surface area contributed by atoms with Crippen molar-refractivity contribution in [3.63, 3.8) is 0 Å². The van der Waals surface area contributed by atoms with E-state index >= 15 is 0 Å². The summed E-state index contributed by atoms with van der Waals surface area (Å²) in [6, 6.07) is 0. The van der Waals surface area contributed by atoms with Gasteiger partial charge in [0.05, 0.1) is 36.1 Å². The zero-order chi connectivity index (χ0) is 25.2. The lowest BCUT2D eigenvalue weighted by Crippen LogP contribution is -2.71. The van der Waals surface area contributed by atoms with Crippen molar-refractivity contribution in [2.24, 2.45) is 46.3 Å². The van der Waals surface area contributed by atoms with Gasteiger partial charge in [-0.2, -0.15) is 0 Å². The Hall–Kier alpha value is -0.280. The highest BCUT2D eigenvalue weighted by Crippen LogP contribution is 2.69. The van der Waals surface area contributed by atoms with Crippen LogP contribution in [-0.4, -0.2) is 78.5 Å². The van der Waals surface area contributed by atoms with Crippen LogP contribution in [-0.2, 0) is 0 Å². The Bertz CT molecular complexity index is 734. The van der Waals surface area contributed by atoms with E-state index in [0.717, 1.165) is 25.7 Å². The van der Waals surface area contributed by atoms with Gasteiger partial charge in [-0.15, -0.1) is 0 Å². The van der Waals surface area contributed by atoms with Crippen molar-refractivity contribution >= 4 is 0 Å². The highest BCUT2D eigenvalue weighted by Gasteiger charge is 2.73. The average Bonchev–Trinajstić information content (AvgIpc) is 2.96. The molecule has 0 heterocycles. The molecule has 0 aliphatic heterocycles. The van der Waals surface area contributed by atoms with Crippen molar-refractivity contribution in [1.82, 2.24) is 0 Å². The Labute approximate surface area is 204 Å². The highest BCUT2D eigenvalue weighted by molar-refractivity contribution is 5.22. The molecule has 4 fully saturated rings. The first-order valence-electron chi connectivity index (χ1n) is 13.6. The van der Waals surface area contributed by atoms with Gasteiger partial charge in [0.1, 0.15) is 0 Å². The molecule has 0 aromatic heterocycles. The van der Waals surface area contributed by atoms with Crippen molar-refractivity contribution in [3.05, 3.63) is 0 Å². The average molecular weight is 485 g/mol. The van der Waals surface area contributed by atoms with E-state index < -0.39 is 58.8 Å². The second kappa shape index (κ2) is 9.23. The van der Waals surface area contributed by atoms with Crippen LogP contribution in [0.1, 0.15) is 79.1 Å². The van der Waals surface area contributed by atoms with Crippen molar-refractivity contribution in [1.29, 1.82) is 0 Å². The minimum absolute atomic E-state index is 0.0425. The summed E-state index contributed by atoms with van der Waals surface area (Å²) < 4.78 is 0. The summed E-state index contributed by atoms with van der Waals surface area (Å²) in [6.45, 7) is 8.44. The van der Waals surface area contributed by atoms with E-state index in [1.165, 1.54) is 0 Å². The first-order valence-corrected chi connectivity index (χ1v) is 13.6. The maximum Gasteiger partial charge on any atom is 0.0863 e. The molecule has 14 atom stereocenters. The number of hydrogen-bond donors (Lipinski definition) is 7. The lowest BCUT2D eigenvalue weighted by Gasteiger charge is -2.66. The number of aliphatic hydroxyl groups excluding tert-OH is 6. The smallest absolute Gasteiger partial charge is 0.0863 e. The lowest BCUT2D eigenvalue weighted by atomic mass is 9.41. The molecule has 0 bridgehead atoms. The summed E-state index contributed by atoms with van der Waals surface area (Å²) >= 11 is 0. The number of aliphatic hydroxyl groups is 7. The third-order valence-electron chi connectivity index (χ3n) is 11.2. The predicted octanol–water partition coefficient (Wildman–Crippen LogP) is 1.44. The van der Waals surface area contributed by atoms with Crippen LogP contribution < -0.4 is 0 Å². The molecule has 4 aliphatic carbocycles. The summed E-state index contributed by atoms with van der Waals surface area (Å²) in [5, 5.41) is 76.6. The zero-order valence-corrected chi connectivity index (χ0v) is 21.3. The van der Waals surface area contributed by atoms with E-state index in [1.807, 2.05) is 13.8 Å². The van der Waals surface area contributed by atoms with Crippen molar-refractivity contribution in [2.75, 3.05) is 6.61 Å². The highest BCUT2D eigenvalue weighted by atomic mass is 16.3. The molecule has 7 N–H and O–H groups in total. The maximum absolute atomic E-state index is 12.3. The predicted molar refractivity (Wildman–Crippen MR) is 128 cm³/mol. The monoisotopic (exact) mass is 484 g/mol. The standard InChI is InChI=1S/C27H48O7/c1-14(13-28)6-5-7-15(2)19-22(32)23(33)24-26(19,4)11-9-18-25(3)10-8-16(29)21(31)20(25)17(30)12-27(18,24)34/h14-24,28-34H,5-13H2,1-4H3/t14-,15+,16-,17-,18?,19-,20?,21-,22+,23+,24?,25+,26+,27-/m0/s1. The van der Waals surface area contributed by atoms with Gasteiger partial charge in [0.2, 0.25) is 0 Å². The lowest BCUT2D eigenvalue weighted by molar-refractivity contribution is -0.280. The minimum Gasteiger partial charge on any atom is -0.396 e. The Kier molecular flexibility index (Phi) is 7.27. The molecule has 4 saturated carbocycles. The van der Waals surface area contributed by atoms with Crippen LogP contribution in [0.5, 0.6) is 0 Å². The van der Waals surface area contributed by atoms with Crippen molar-refractivity contribution < 1.29 is 35.7 Å². The summed E-state index contributed by atoms with van der Waals surface area (Å²) in [6.07, 6.45) is 0.372.